The zero-order valence-corrected chi connectivity index (χ0v) is 13.1. The van der Waals surface area contributed by atoms with Crippen LogP contribution in [0.25, 0.3) is 0 Å². The zero-order chi connectivity index (χ0) is 17.3. The highest BCUT2D eigenvalue weighted by Gasteiger charge is 2.40. The van der Waals surface area contributed by atoms with E-state index in [0.29, 0.717) is 25.8 Å². The van der Waals surface area contributed by atoms with Gasteiger partial charge in [0.1, 0.15) is 12.6 Å². The van der Waals surface area contributed by atoms with Crippen LogP contribution >= 0.6 is 0 Å². The van der Waals surface area contributed by atoms with Gasteiger partial charge in [-0.1, -0.05) is 24.3 Å². The van der Waals surface area contributed by atoms with Crippen LogP contribution in [0, 0.1) is 0 Å². The third-order valence-electron chi connectivity index (χ3n) is 4.73. The number of likely N-dealkylation sites (tertiary alicyclic amines) is 1. The Bertz CT molecular complexity index is 645. The number of hydrogen-bond donors (Lipinski definition) is 1. The van der Waals surface area contributed by atoms with E-state index in [9.17, 15) is 22.8 Å². The minimum atomic E-state index is -4.45. The van der Waals surface area contributed by atoms with E-state index >= 15 is 0 Å². The Morgan fingerprint density at radius 2 is 1.96 bits per heavy atom. The Hall–Kier alpha value is -2.05. The standard InChI is InChI=1S/C17H19F3N2O2/c18-17(19,20)10-21-15(23)14-6-3-9-22(14)16(24)13-8-7-11-4-1-2-5-12(11)13/h1-2,4-5,13-14H,3,6-10H2,(H,21,23)/t13-,14+/m1/s1. The van der Waals surface area contributed by atoms with Crippen molar-refractivity contribution in [3.8, 4) is 0 Å². The second-order valence-electron chi connectivity index (χ2n) is 6.31. The van der Waals surface area contributed by atoms with E-state index in [1.54, 1.807) is 0 Å². The van der Waals surface area contributed by atoms with Gasteiger partial charge in [-0.05, 0) is 36.8 Å². The van der Waals surface area contributed by atoms with E-state index < -0.39 is 24.7 Å². The highest BCUT2D eigenvalue weighted by Crippen LogP contribution is 2.36. The Morgan fingerprint density at radius 3 is 2.71 bits per heavy atom. The minimum Gasteiger partial charge on any atom is -0.345 e. The fourth-order valence-electron chi connectivity index (χ4n) is 3.62. The normalized spacial score (nSPS) is 23.2. The molecule has 0 aromatic heterocycles. The van der Waals surface area contributed by atoms with Crippen LogP contribution in [0.3, 0.4) is 0 Å². The number of nitrogens with one attached hydrogen (secondary N) is 1. The van der Waals surface area contributed by atoms with Crippen LogP contribution < -0.4 is 5.32 Å². The number of amides is 2. The molecular formula is C17H19F3N2O2. The number of nitrogens with zero attached hydrogens (tertiary/aromatic N) is 1. The number of benzene rings is 1. The number of fused-ring (bicyclic) bond motifs is 1. The number of halogens is 3. The quantitative estimate of drug-likeness (QED) is 0.918. The second kappa shape index (κ2) is 6.45. The SMILES string of the molecule is O=C(NCC(F)(F)F)[C@@H]1CCCN1C(=O)[C@@H]1CCc2ccccc21. The van der Waals surface area contributed by atoms with Gasteiger partial charge in [-0.15, -0.1) is 0 Å². The van der Waals surface area contributed by atoms with Crippen molar-refractivity contribution in [1.82, 2.24) is 10.2 Å². The fourth-order valence-corrected chi connectivity index (χ4v) is 3.62. The maximum Gasteiger partial charge on any atom is 0.405 e. The lowest BCUT2D eigenvalue weighted by atomic mass is 9.99. The largest absolute Gasteiger partial charge is 0.405 e. The highest BCUT2D eigenvalue weighted by atomic mass is 19.4. The summed E-state index contributed by atoms with van der Waals surface area (Å²) in [6.07, 6.45) is -1.92. The van der Waals surface area contributed by atoms with Crippen molar-refractivity contribution in [2.45, 2.75) is 43.8 Å². The van der Waals surface area contributed by atoms with Gasteiger partial charge < -0.3 is 10.2 Å². The first-order chi connectivity index (χ1) is 11.4. The molecule has 1 aliphatic carbocycles. The van der Waals surface area contributed by atoms with E-state index in [1.807, 2.05) is 29.6 Å². The van der Waals surface area contributed by atoms with Crippen molar-refractivity contribution in [2.75, 3.05) is 13.1 Å². The number of alkyl halides is 3. The van der Waals surface area contributed by atoms with Crippen molar-refractivity contribution in [3.63, 3.8) is 0 Å². The Morgan fingerprint density at radius 1 is 1.21 bits per heavy atom. The number of rotatable bonds is 3. The van der Waals surface area contributed by atoms with Gasteiger partial charge in [0.2, 0.25) is 11.8 Å². The van der Waals surface area contributed by atoms with Crippen LogP contribution in [0.2, 0.25) is 0 Å². The molecule has 1 saturated heterocycles. The first-order valence-electron chi connectivity index (χ1n) is 8.09. The molecule has 1 aliphatic heterocycles. The summed E-state index contributed by atoms with van der Waals surface area (Å²) in [7, 11) is 0. The summed E-state index contributed by atoms with van der Waals surface area (Å²) < 4.78 is 36.8. The molecule has 0 radical (unpaired) electrons. The monoisotopic (exact) mass is 340 g/mol. The molecule has 1 heterocycles. The molecule has 0 saturated carbocycles. The molecule has 2 atom stereocenters. The van der Waals surface area contributed by atoms with E-state index in [0.717, 1.165) is 17.5 Å². The summed E-state index contributed by atoms with van der Waals surface area (Å²) in [6, 6.07) is 6.91. The molecule has 0 spiro atoms. The summed E-state index contributed by atoms with van der Waals surface area (Å²) >= 11 is 0. The molecule has 2 amide bonds. The Labute approximate surface area is 138 Å². The highest BCUT2D eigenvalue weighted by molar-refractivity contribution is 5.91. The van der Waals surface area contributed by atoms with Crippen LogP contribution in [0.1, 0.15) is 36.3 Å². The molecule has 1 N–H and O–H groups in total. The molecule has 2 aliphatic rings. The molecular weight excluding hydrogens is 321 g/mol. The molecule has 0 unspecified atom stereocenters. The van der Waals surface area contributed by atoms with Gasteiger partial charge in [-0.25, -0.2) is 0 Å². The molecule has 0 bridgehead atoms. The lowest BCUT2D eigenvalue weighted by molar-refractivity contribution is -0.145. The average Bonchev–Trinajstić information content (AvgIpc) is 3.18. The van der Waals surface area contributed by atoms with Crippen molar-refractivity contribution < 1.29 is 22.8 Å². The Balaban J connectivity index is 1.69. The van der Waals surface area contributed by atoms with Crippen LogP contribution in [0.4, 0.5) is 13.2 Å². The average molecular weight is 340 g/mol. The zero-order valence-electron chi connectivity index (χ0n) is 13.1. The predicted octanol–water partition coefficient (Wildman–Crippen LogP) is 2.39. The van der Waals surface area contributed by atoms with Crippen molar-refractivity contribution >= 4 is 11.8 Å². The van der Waals surface area contributed by atoms with Crippen LogP contribution in [-0.2, 0) is 16.0 Å². The predicted molar refractivity (Wildman–Crippen MR) is 81.3 cm³/mol. The van der Waals surface area contributed by atoms with Crippen molar-refractivity contribution in [2.24, 2.45) is 0 Å². The number of carbonyl (C=O) groups is 2. The van der Waals surface area contributed by atoms with Gasteiger partial charge in [-0.2, -0.15) is 13.2 Å². The maximum atomic E-state index is 12.9. The summed E-state index contributed by atoms with van der Waals surface area (Å²) in [4.78, 5) is 26.4. The third-order valence-corrected chi connectivity index (χ3v) is 4.73. The lowest BCUT2D eigenvalue weighted by Gasteiger charge is -2.27. The third kappa shape index (κ3) is 3.39. The van der Waals surface area contributed by atoms with E-state index in [1.165, 1.54) is 4.90 Å². The van der Waals surface area contributed by atoms with Gasteiger partial charge in [0.25, 0.3) is 0 Å². The summed E-state index contributed by atoms with van der Waals surface area (Å²) in [6.45, 7) is -0.946. The van der Waals surface area contributed by atoms with E-state index in [2.05, 4.69) is 0 Å². The summed E-state index contributed by atoms with van der Waals surface area (Å²) in [5.41, 5.74) is 2.11. The van der Waals surface area contributed by atoms with Crippen molar-refractivity contribution in [3.05, 3.63) is 35.4 Å². The van der Waals surface area contributed by atoms with Crippen LogP contribution in [0.15, 0.2) is 24.3 Å². The van der Waals surface area contributed by atoms with Gasteiger partial charge in [0, 0.05) is 6.54 Å². The fraction of sp³-hybridized carbons (Fsp3) is 0.529. The number of carbonyl (C=O) groups excluding carboxylic acids is 2. The molecule has 3 rings (SSSR count). The second-order valence-corrected chi connectivity index (χ2v) is 6.31. The molecule has 1 aromatic carbocycles. The maximum absolute atomic E-state index is 12.9. The van der Waals surface area contributed by atoms with Gasteiger partial charge in [0.05, 0.1) is 5.92 Å². The minimum absolute atomic E-state index is 0.149. The first-order valence-corrected chi connectivity index (χ1v) is 8.09. The van der Waals surface area contributed by atoms with Crippen LogP contribution in [-0.4, -0.2) is 42.0 Å². The van der Waals surface area contributed by atoms with E-state index in [-0.39, 0.29) is 11.8 Å². The molecule has 1 fully saturated rings. The molecule has 24 heavy (non-hydrogen) atoms. The Kier molecular flexibility index (Phi) is 4.51. The summed E-state index contributed by atoms with van der Waals surface area (Å²) in [5.74, 6) is -1.16. The van der Waals surface area contributed by atoms with Gasteiger partial charge >= 0.3 is 6.18 Å². The van der Waals surface area contributed by atoms with Gasteiger partial charge in [0.15, 0.2) is 0 Å². The number of aryl methyl sites for hydroxylation is 1. The van der Waals surface area contributed by atoms with Crippen molar-refractivity contribution in [1.29, 1.82) is 0 Å². The molecule has 1 aromatic rings. The molecule has 4 nitrogen and oxygen atoms in total. The smallest absolute Gasteiger partial charge is 0.345 e. The number of hydrogen-bond acceptors (Lipinski definition) is 2. The lowest BCUT2D eigenvalue weighted by Crippen LogP contribution is -2.49. The molecule has 130 valence electrons. The van der Waals surface area contributed by atoms with E-state index in [4.69, 9.17) is 0 Å². The first kappa shape index (κ1) is 16.8. The summed E-state index contributed by atoms with van der Waals surface area (Å²) in [5, 5.41) is 1.90. The topological polar surface area (TPSA) is 49.4 Å². The van der Waals surface area contributed by atoms with Crippen LogP contribution in [0.5, 0.6) is 0 Å². The molecule has 7 heteroatoms. The van der Waals surface area contributed by atoms with Gasteiger partial charge in [-0.3, -0.25) is 9.59 Å².